The van der Waals surface area contributed by atoms with E-state index in [9.17, 15) is 0 Å². The van der Waals surface area contributed by atoms with Gasteiger partial charge in [0.05, 0.1) is 18.2 Å². The van der Waals surface area contributed by atoms with Crippen molar-refractivity contribution in [2.45, 2.75) is 57.3 Å². The molecule has 0 aromatic carbocycles. The summed E-state index contributed by atoms with van der Waals surface area (Å²) < 4.78 is 10.2. The Morgan fingerprint density at radius 2 is 2.31 bits per heavy atom. The molecule has 0 spiro atoms. The first-order valence-electron chi connectivity index (χ1n) is 5.98. The van der Waals surface area contributed by atoms with Crippen molar-refractivity contribution in [1.29, 1.82) is 0 Å². The van der Waals surface area contributed by atoms with E-state index in [0.29, 0.717) is 24.2 Å². The predicted molar refractivity (Wildman–Crippen MR) is 63.9 cm³/mol. The largest absolute Gasteiger partial charge is 0.373 e. The Labute approximate surface area is 99.6 Å². The molecule has 1 aromatic rings. The van der Waals surface area contributed by atoms with Crippen molar-refractivity contribution in [2.24, 2.45) is 0 Å². The number of anilines is 1. The van der Waals surface area contributed by atoms with Crippen molar-refractivity contribution < 1.29 is 4.74 Å². The van der Waals surface area contributed by atoms with Crippen LogP contribution in [0.3, 0.4) is 0 Å². The molecular weight excluding hydrogens is 222 g/mol. The molecule has 1 aromatic heterocycles. The van der Waals surface area contributed by atoms with Crippen LogP contribution in [-0.4, -0.2) is 27.6 Å². The molecule has 3 unspecified atom stereocenters. The van der Waals surface area contributed by atoms with Gasteiger partial charge in [0.2, 0.25) is 5.13 Å². The molecule has 2 aliphatic rings. The SMILES string of the molecule is CC(C)c1nsc(NC2CC3CCC2O3)n1. The van der Waals surface area contributed by atoms with Crippen LogP contribution in [0.4, 0.5) is 5.13 Å². The Hall–Kier alpha value is -0.680. The second kappa shape index (κ2) is 3.96. The third kappa shape index (κ3) is 1.82. The number of hydrogen-bond acceptors (Lipinski definition) is 5. The summed E-state index contributed by atoms with van der Waals surface area (Å²) in [5.41, 5.74) is 0. The Bertz CT molecular complexity index is 379. The number of nitrogens with one attached hydrogen (secondary N) is 1. The molecule has 5 heteroatoms. The number of ether oxygens (including phenoxy) is 1. The van der Waals surface area contributed by atoms with Crippen molar-refractivity contribution in [3.63, 3.8) is 0 Å². The first-order valence-corrected chi connectivity index (χ1v) is 6.75. The van der Waals surface area contributed by atoms with Gasteiger partial charge in [0.1, 0.15) is 5.82 Å². The van der Waals surface area contributed by atoms with Gasteiger partial charge in [-0.1, -0.05) is 13.8 Å². The molecule has 3 atom stereocenters. The van der Waals surface area contributed by atoms with Crippen LogP contribution < -0.4 is 5.32 Å². The van der Waals surface area contributed by atoms with Gasteiger partial charge >= 0.3 is 0 Å². The van der Waals surface area contributed by atoms with Gasteiger partial charge in [-0.25, -0.2) is 4.98 Å². The van der Waals surface area contributed by atoms with E-state index in [4.69, 9.17) is 4.74 Å². The second-order valence-corrected chi connectivity index (χ2v) is 5.72. The van der Waals surface area contributed by atoms with Crippen molar-refractivity contribution in [1.82, 2.24) is 9.36 Å². The second-order valence-electron chi connectivity index (χ2n) is 4.97. The lowest BCUT2D eigenvalue weighted by atomic mass is 9.96. The fourth-order valence-corrected chi connectivity index (χ4v) is 3.25. The van der Waals surface area contributed by atoms with Crippen LogP contribution in [0.2, 0.25) is 0 Å². The van der Waals surface area contributed by atoms with E-state index < -0.39 is 0 Å². The molecule has 88 valence electrons. The van der Waals surface area contributed by atoms with Crippen LogP contribution in [0.25, 0.3) is 0 Å². The molecule has 2 aliphatic heterocycles. The Kier molecular flexibility index (Phi) is 2.59. The number of fused-ring (bicyclic) bond motifs is 2. The van der Waals surface area contributed by atoms with E-state index in [1.165, 1.54) is 24.4 Å². The summed E-state index contributed by atoms with van der Waals surface area (Å²) in [6, 6.07) is 0.451. The van der Waals surface area contributed by atoms with Crippen LogP contribution >= 0.6 is 11.5 Å². The van der Waals surface area contributed by atoms with E-state index in [1.54, 1.807) is 0 Å². The quantitative estimate of drug-likeness (QED) is 0.880. The van der Waals surface area contributed by atoms with Gasteiger partial charge in [-0.05, 0) is 19.3 Å². The fraction of sp³-hybridized carbons (Fsp3) is 0.818. The van der Waals surface area contributed by atoms with Gasteiger partial charge in [0, 0.05) is 17.5 Å². The van der Waals surface area contributed by atoms with Gasteiger partial charge in [0.15, 0.2) is 0 Å². The summed E-state index contributed by atoms with van der Waals surface area (Å²) in [7, 11) is 0. The lowest BCUT2D eigenvalue weighted by Crippen LogP contribution is -2.30. The smallest absolute Gasteiger partial charge is 0.202 e. The van der Waals surface area contributed by atoms with E-state index in [0.717, 1.165) is 17.4 Å². The first-order chi connectivity index (χ1) is 7.72. The molecule has 16 heavy (non-hydrogen) atoms. The lowest BCUT2D eigenvalue weighted by Gasteiger charge is -2.18. The summed E-state index contributed by atoms with van der Waals surface area (Å²) in [5, 5.41) is 4.42. The maximum absolute atomic E-state index is 5.81. The van der Waals surface area contributed by atoms with E-state index in [2.05, 4.69) is 28.5 Å². The van der Waals surface area contributed by atoms with Gasteiger partial charge in [-0.15, -0.1) is 0 Å². The highest BCUT2D eigenvalue weighted by atomic mass is 32.1. The summed E-state index contributed by atoms with van der Waals surface area (Å²) in [4.78, 5) is 4.50. The molecule has 4 nitrogen and oxygen atoms in total. The standard InChI is InChI=1S/C11H17N3OS/c1-6(2)10-13-11(16-14-10)12-8-5-7-3-4-9(8)15-7/h6-9H,3-5H2,1-2H3,(H,12,13,14). The van der Waals surface area contributed by atoms with Crippen LogP contribution in [-0.2, 0) is 4.74 Å². The molecule has 0 saturated carbocycles. The highest BCUT2D eigenvalue weighted by Crippen LogP contribution is 2.36. The highest BCUT2D eigenvalue weighted by molar-refractivity contribution is 7.09. The normalized spacial score (nSPS) is 32.6. The predicted octanol–water partition coefficient (Wildman–Crippen LogP) is 2.39. The van der Waals surface area contributed by atoms with Gasteiger partial charge in [0.25, 0.3) is 0 Å². The first kappa shape index (κ1) is 10.5. The molecule has 3 rings (SSSR count). The zero-order chi connectivity index (χ0) is 11.1. The van der Waals surface area contributed by atoms with Crippen molar-refractivity contribution in [2.75, 3.05) is 5.32 Å². The van der Waals surface area contributed by atoms with E-state index in [1.807, 2.05) is 0 Å². The summed E-state index contributed by atoms with van der Waals surface area (Å²) in [6.45, 7) is 4.24. The fourth-order valence-electron chi connectivity index (χ4n) is 2.48. The van der Waals surface area contributed by atoms with Crippen molar-refractivity contribution in [3.05, 3.63) is 5.82 Å². The van der Waals surface area contributed by atoms with Crippen molar-refractivity contribution in [3.8, 4) is 0 Å². The van der Waals surface area contributed by atoms with Crippen LogP contribution in [0.15, 0.2) is 0 Å². The highest BCUT2D eigenvalue weighted by Gasteiger charge is 2.41. The van der Waals surface area contributed by atoms with Crippen molar-refractivity contribution >= 4 is 16.7 Å². The monoisotopic (exact) mass is 239 g/mol. The minimum Gasteiger partial charge on any atom is -0.373 e. The molecule has 0 amide bonds. The Balaban J connectivity index is 1.65. The lowest BCUT2D eigenvalue weighted by molar-refractivity contribution is 0.102. The maximum Gasteiger partial charge on any atom is 0.202 e. The zero-order valence-electron chi connectivity index (χ0n) is 9.64. The minimum atomic E-state index is 0.399. The number of nitrogens with zero attached hydrogens (tertiary/aromatic N) is 2. The van der Waals surface area contributed by atoms with Gasteiger partial charge in [-0.3, -0.25) is 0 Å². The van der Waals surface area contributed by atoms with Crippen LogP contribution in [0, 0.1) is 0 Å². The molecule has 0 aliphatic carbocycles. The molecule has 2 saturated heterocycles. The number of rotatable bonds is 3. The summed E-state index contributed by atoms with van der Waals surface area (Å²) in [6.07, 6.45) is 4.44. The molecule has 2 bridgehead atoms. The third-order valence-corrected chi connectivity index (χ3v) is 4.03. The Morgan fingerprint density at radius 3 is 2.88 bits per heavy atom. The minimum absolute atomic E-state index is 0.399. The van der Waals surface area contributed by atoms with E-state index in [-0.39, 0.29) is 0 Å². The molecule has 0 radical (unpaired) electrons. The molecular formula is C11H17N3OS. The summed E-state index contributed by atoms with van der Waals surface area (Å²) in [5.74, 6) is 1.35. The number of aromatic nitrogens is 2. The Morgan fingerprint density at radius 1 is 1.44 bits per heavy atom. The maximum atomic E-state index is 5.81. The van der Waals surface area contributed by atoms with E-state index >= 15 is 0 Å². The van der Waals surface area contributed by atoms with Gasteiger partial charge < -0.3 is 10.1 Å². The topological polar surface area (TPSA) is 47.0 Å². The molecule has 3 heterocycles. The molecule has 2 fully saturated rings. The summed E-state index contributed by atoms with van der Waals surface area (Å²) >= 11 is 1.46. The average molecular weight is 239 g/mol. The van der Waals surface area contributed by atoms with Crippen LogP contribution in [0.1, 0.15) is 44.9 Å². The van der Waals surface area contributed by atoms with Gasteiger partial charge in [-0.2, -0.15) is 4.37 Å². The zero-order valence-corrected chi connectivity index (χ0v) is 10.5. The average Bonchev–Trinajstić information content (AvgIpc) is 2.91. The third-order valence-electron chi connectivity index (χ3n) is 3.37. The van der Waals surface area contributed by atoms with Crippen LogP contribution in [0.5, 0.6) is 0 Å². The molecule has 1 N–H and O–H groups in total. The number of hydrogen-bond donors (Lipinski definition) is 1.